The zero-order valence-electron chi connectivity index (χ0n) is 7.82. The van der Waals surface area contributed by atoms with Gasteiger partial charge in [-0.1, -0.05) is 5.16 Å². The fourth-order valence-electron chi connectivity index (χ4n) is 1.09. The Kier molecular flexibility index (Phi) is 2.63. The van der Waals surface area contributed by atoms with Gasteiger partial charge in [-0.2, -0.15) is 13.8 Å². The lowest BCUT2D eigenvalue weighted by atomic mass is 10.2. The Morgan fingerprint density at radius 3 is 2.38 bits per heavy atom. The summed E-state index contributed by atoms with van der Waals surface area (Å²) in [6, 6.07) is 6.49. The minimum Gasteiger partial charge on any atom is -0.399 e. The predicted molar refractivity (Wildman–Crippen MR) is 57.0 cm³/mol. The first-order valence-corrected chi connectivity index (χ1v) is 5.03. The summed E-state index contributed by atoms with van der Waals surface area (Å²) in [5.41, 5.74) is 6.61. The number of alkyl halides is 3. The molecule has 1 heterocycles. The van der Waals surface area contributed by atoms with Crippen LogP contribution >= 0.6 is 15.9 Å². The summed E-state index contributed by atoms with van der Waals surface area (Å²) in [7, 11) is 0. The summed E-state index contributed by atoms with van der Waals surface area (Å²) >= 11 is 2.13. The van der Waals surface area contributed by atoms with Crippen molar-refractivity contribution in [1.29, 1.82) is 0 Å². The summed E-state index contributed by atoms with van der Waals surface area (Å²) < 4.78 is 29.9. The Hall–Kier alpha value is -1.50. The van der Waals surface area contributed by atoms with Crippen LogP contribution in [0.2, 0.25) is 0 Å². The molecule has 0 aliphatic heterocycles. The number of hydrogen-bond acceptors (Lipinski definition) is 4. The van der Waals surface area contributed by atoms with E-state index in [-0.39, 0.29) is 5.82 Å². The number of benzene rings is 1. The normalized spacial score (nSPS) is 11.7. The number of aromatic nitrogens is 2. The van der Waals surface area contributed by atoms with Crippen LogP contribution in [0.1, 0.15) is 5.89 Å². The molecule has 0 saturated heterocycles. The molecule has 16 heavy (non-hydrogen) atoms. The van der Waals surface area contributed by atoms with E-state index in [0.29, 0.717) is 11.3 Å². The number of anilines is 1. The molecule has 0 unspecified atom stereocenters. The van der Waals surface area contributed by atoms with Gasteiger partial charge < -0.3 is 10.3 Å². The highest BCUT2D eigenvalue weighted by molar-refractivity contribution is 9.09. The van der Waals surface area contributed by atoms with E-state index in [0.717, 1.165) is 0 Å². The van der Waals surface area contributed by atoms with Crippen molar-refractivity contribution >= 4 is 21.6 Å². The van der Waals surface area contributed by atoms with Gasteiger partial charge in [0.25, 0.3) is 0 Å². The molecule has 0 aliphatic carbocycles. The van der Waals surface area contributed by atoms with E-state index in [4.69, 9.17) is 5.73 Å². The largest absolute Gasteiger partial charge is 0.399 e. The van der Waals surface area contributed by atoms with Gasteiger partial charge in [-0.3, -0.25) is 0 Å². The van der Waals surface area contributed by atoms with Gasteiger partial charge in [0.15, 0.2) is 0 Å². The molecule has 1 aromatic heterocycles. The summed E-state index contributed by atoms with van der Waals surface area (Å²) in [4.78, 5) is 0.253. The van der Waals surface area contributed by atoms with Crippen molar-refractivity contribution < 1.29 is 13.3 Å². The van der Waals surface area contributed by atoms with E-state index in [1.807, 2.05) is 0 Å². The van der Waals surface area contributed by atoms with Crippen LogP contribution in [0.5, 0.6) is 0 Å². The molecule has 0 bridgehead atoms. The molecule has 2 aromatic rings. The maximum absolute atomic E-state index is 12.7. The molecule has 7 heteroatoms. The Morgan fingerprint density at radius 1 is 1.25 bits per heavy atom. The maximum atomic E-state index is 12.7. The molecule has 2 N–H and O–H groups in total. The Labute approximate surface area is 97.6 Å². The fraction of sp³-hybridized carbons (Fsp3) is 0.111. The van der Waals surface area contributed by atoms with Gasteiger partial charge >= 0.3 is 10.7 Å². The second kappa shape index (κ2) is 3.82. The van der Waals surface area contributed by atoms with Crippen LogP contribution in [0.15, 0.2) is 28.8 Å². The van der Waals surface area contributed by atoms with Gasteiger partial charge in [0.2, 0.25) is 5.82 Å². The monoisotopic (exact) mass is 289 g/mol. The molecule has 84 valence electrons. The van der Waals surface area contributed by atoms with Crippen LogP contribution in [0, 0.1) is 0 Å². The molecule has 0 amide bonds. The summed E-state index contributed by atoms with van der Waals surface area (Å²) in [6.07, 6.45) is 0. The fourth-order valence-corrected chi connectivity index (χ4v) is 1.25. The van der Waals surface area contributed by atoms with Gasteiger partial charge in [0, 0.05) is 27.2 Å². The molecule has 0 atom stereocenters. The maximum Gasteiger partial charge on any atom is 0.378 e. The standard InChI is InChI=1S/C9H6BrF2N3O/c10-9(11,12)8-14-7(15-16-8)5-1-3-6(13)4-2-5/h1-4H,13H2. The summed E-state index contributed by atoms with van der Waals surface area (Å²) in [6.45, 7) is 0. The average Bonchev–Trinajstić information content (AvgIpc) is 2.67. The lowest BCUT2D eigenvalue weighted by Gasteiger charge is -1.98. The van der Waals surface area contributed by atoms with Gasteiger partial charge in [0.05, 0.1) is 0 Å². The predicted octanol–water partition coefficient (Wildman–Crippen LogP) is 2.76. The molecule has 1 aromatic carbocycles. The molecule has 0 saturated carbocycles. The molecule has 2 rings (SSSR count). The molecule has 0 spiro atoms. The van der Waals surface area contributed by atoms with Crippen molar-refractivity contribution in [1.82, 2.24) is 10.1 Å². The Bertz CT molecular complexity index is 492. The van der Waals surface area contributed by atoms with Gasteiger partial charge in [-0.15, -0.1) is 0 Å². The highest BCUT2D eigenvalue weighted by Gasteiger charge is 2.34. The van der Waals surface area contributed by atoms with Gasteiger partial charge in [-0.05, 0) is 24.3 Å². The van der Waals surface area contributed by atoms with Crippen molar-refractivity contribution in [2.45, 2.75) is 4.83 Å². The number of rotatable bonds is 2. The molecule has 0 radical (unpaired) electrons. The van der Waals surface area contributed by atoms with Crippen LogP contribution in [-0.2, 0) is 4.83 Å². The third kappa shape index (κ3) is 2.19. The molecule has 4 nitrogen and oxygen atoms in total. The Morgan fingerprint density at radius 2 is 1.88 bits per heavy atom. The molecule has 0 fully saturated rings. The third-order valence-electron chi connectivity index (χ3n) is 1.84. The minimum atomic E-state index is -3.31. The number of nitrogens with two attached hydrogens (primary N) is 1. The van der Waals surface area contributed by atoms with E-state index in [1.54, 1.807) is 24.3 Å². The molecule has 0 aliphatic rings. The van der Waals surface area contributed by atoms with Crippen molar-refractivity contribution in [3.63, 3.8) is 0 Å². The quantitative estimate of drug-likeness (QED) is 0.682. The van der Waals surface area contributed by atoms with Crippen molar-refractivity contribution in [2.24, 2.45) is 0 Å². The second-order valence-corrected chi connectivity index (χ2v) is 4.04. The summed E-state index contributed by atoms with van der Waals surface area (Å²) in [5.74, 6) is -0.687. The van der Waals surface area contributed by atoms with Crippen LogP contribution in [-0.4, -0.2) is 10.1 Å². The SMILES string of the molecule is Nc1ccc(-c2noc(C(F)(F)Br)n2)cc1. The first-order chi connectivity index (χ1) is 7.47. The number of hydrogen-bond donors (Lipinski definition) is 1. The second-order valence-electron chi connectivity index (χ2n) is 3.04. The first kappa shape index (κ1) is 11.0. The topological polar surface area (TPSA) is 64.9 Å². The minimum absolute atomic E-state index is 0.0918. The molecular formula is C9H6BrF2N3O. The van der Waals surface area contributed by atoms with E-state index in [9.17, 15) is 8.78 Å². The lowest BCUT2D eigenvalue weighted by molar-refractivity contribution is 0.0725. The van der Waals surface area contributed by atoms with Crippen molar-refractivity contribution in [2.75, 3.05) is 5.73 Å². The zero-order valence-corrected chi connectivity index (χ0v) is 9.41. The van der Waals surface area contributed by atoms with Gasteiger partial charge in [0.1, 0.15) is 0 Å². The van der Waals surface area contributed by atoms with E-state index >= 15 is 0 Å². The number of nitrogens with zero attached hydrogens (tertiary/aromatic N) is 2. The number of halogens is 3. The van der Waals surface area contributed by atoms with Crippen LogP contribution < -0.4 is 5.73 Å². The van der Waals surface area contributed by atoms with Crippen molar-refractivity contribution in [3.8, 4) is 11.4 Å². The van der Waals surface area contributed by atoms with Gasteiger partial charge in [-0.25, -0.2) is 0 Å². The number of nitrogen functional groups attached to an aromatic ring is 1. The highest BCUT2D eigenvalue weighted by atomic mass is 79.9. The van der Waals surface area contributed by atoms with Crippen LogP contribution in [0.4, 0.5) is 14.5 Å². The van der Waals surface area contributed by atoms with Crippen molar-refractivity contribution in [3.05, 3.63) is 30.2 Å². The van der Waals surface area contributed by atoms with E-state index < -0.39 is 10.7 Å². The molecular weight excluding hydrogens is 284 g/mol. The first-order valence-electron chi connectivity index (χ1n) is 4.23. The highest BCUT2D eigenvalue weighted by Crippen LogP contribution is 2.34. The van der Waals surface area contributed by atoms with Crippen LogP contribution in [0.25, 0.3) is 11.4 Å². The summed E-state index contributed by atoms with van der Waals surface area (Å²) in [5, 5.41) is 3.45. The van der Waals surface area contributed by atoms with E-state index in [1.165, 1.54) is 0 Å². The Balaban J connectivity index is 2.35. The third-order valence-corrected chi connectivity index (χ3v) is 2.18. The zero-order chi connectivity index (χ0) is 11.8. The van der Waals surface area contributed by atoms with E-state index in [2.05, 4.69) is 30.6 Å². The average molecular weight is 290 g/mol. The smallest absolute Gasteiger partial charge is 0.378 e. The van der Waals surface area contributed by atoms with Crippen LogP contribution in [0.3, 0.4) is 0 Å². The lowest BCUT2D eigenvalue weighted by Crippen LogP contribution is -2.02.